The SMILES string of the molecule is CN(C)C(=O)Nc1c2cccc(-c3ccc(Cl)cc3Cl)c2nn1C. The summed E-state index contributed by atoms with van der Waals surface area (Å²) in [5.74, 6) is 0.635. The minimum atomic E-state index is -0.213. The molecule has 0 saturated heterocycles. The van der Waals surface area contributed by atoms with Crippen LogP contribution in [0.5, 0.6) is 0 Å². The van der Waals surface area contributed by atoms with Gasteiger partial charge in [0.1, 0.15) is 11.3 Å². The van der Waals surface area contributed by atoms with E-state index in [1.54, 1.807) is 38.0 Å². The molecule has 2 aromatic carbocycles. The molecule has 124 valence electrons. The number of aromatic nitrogens is 2. The lowest BCUT2D eigenvalue weighted by atomic mass is 10.0. The first-order valence-corrected chi connectivity index (χ1v) is 8.03. The molecule has 0 saturated carbocycles. The van der Waals surface area contributed by atoms with Crippen molar-refractivity contribution in [2.45, 2.75) is 0 Å². The Balaban J connectivity index is 2.17. The second-order valence-electron chi connectivity index (χ2n) is 5.62. The molecule has 0 bridgehead atoms. The van der Waals surface area contributed by atoms with E-state index < -0.39 is 0 Å². The first-order chi connectivity index (χ1) is 11.4. The lowest BCUT2D eigenvalue weighted by Crippen LogP contribution is -2.28. The summed E-state index contributed by atoms with van der Waals surface area (Å²) in [4.78, 5) is 13.5. The summed E-state index contributed by atoms with van der Waals surface area (Å²) in [6.45, 7) is 0. The van der Waals surface area contributed by atoms with E-state index in [1.165, 1.54) is 4.90 Å². The Morgan fingerprint density at radius 2 is 1.92 bits per heavy atom. The molecule has 0 unspecified atom stereocenters. The summed E-state index contributed by atoms with van der Waals surface area (Å²) in [7, 11) is 5.16. The van der Waals surface area contributed by atoms with E-state index in [0.29, 0.717) is 15.9 Å². The highest BCUT2D eigenvalue weighted by molar-refractivity contribution is 6.36. The lowest BCUT2D eigenvalue weighted by molar-refractivity contribution is 0.230. The molecule has 7 heteroatoms. The normalized spacial score (nSPS) is 10.9. The minimum absolute atomic E-state index is 0.213. The van der Waals surface area contributed by atoms with Crippen LogP contribution >= 0.6 is 23.2 Å². The molecule has 0 aliphatic rings. The Kier molecular flexibility index (Phi) is 4.39. The van der Waals surface area contributed by atoms with Gasteiger partial charge in [-0.3, -0.25) is 10.00 Å². The maximum absolute atomic E-state index is 12.0. The van der Waals surface area contributed by atoms with Gasteiger partial charge in [-0.2, -0.15) is 5.10 Å². The molecule has 0 fully saturated rings. The third-order valence-corrected chi connectivity index (χ3v) is 4.27. The number of halogens is 2. The summed E-state index contributed by atoms with van der Waals surface area (Å²) in [6.07, 6.45) is 0. The predicted molar refractivity (Wildman–Crippen MR) is 98.9 cm³/mol. The van der Waals surface area contributed by atoms with Crippen molar-refractivity contribution in [2.75, 3.05) is 19.4 Å². The molecule has 1 heterocycles. The van der Waals surface area contributed by atoms with Gasteiger partial charge in [-0.05, 0) is 18.2 Å². The summed E-state index contributed by atoms with van der Waals surface area (Å²) >= 11 is 12.3. The standard InChI is InChI=1S/C17H16Cl2N4O/c1-22(2)17(24)20-16-13-6-4-5-12(15(13)21-23(16)3)11-8-7-10(18)9-14(11)19/h4-9H,1-3H3,(H,20,24). The molecule has 0 spiro atoms. The number of anilines is 1. The van der Waals surface area contributed by atoms with Crippen molar-refractivity contribution in [2.24, 2.45) is 7.05 Å². The summed E-state index contributed by atoms with van der Waals surface area (Å²) < 4.78 is 1.65. The van der Waals surface area contributed by atoms with Crippen LogP contribution in [0.3, 0.4) is 0 Å². The second-order valence-corrected chi connectivity index (χ2v) is 6.47. The van der Waals surface area contributed by atoms with Crippen molar-refractivity contribution >= 4 is 46.0 Å². The number of nitrogens with one attached hydrogen (secondary N) is 1. The molecule has 0 aliphatic heterocycles. The number of rotatable bonds is 2. The number of hydrogen-bond acceptors (Lipinski definition) is 2. The van der Waals surface area contributed by atoms with E-state index in [-0.39, 0.29) is 6.03 Å². The van der Waals surface area contributed by atoms with Crippen molar-refractivity contribution in [3.63, 3.8) is 0 Å². The van der Waals surface area contributed by atoms with Gasteiger partial charge in [0.15, 0.2) is 0 Å². The van der Waals surface area contributed by atoms with E-state index >= 15 is 0 Å². The van der Waals surface area contributed by atoms with Crippen LogP contribution in [0, 0.1) is 0 Å². The van der Waals surface area contributed by atoms with Crippen molar-refractivity contribution in [1.29, 1.82) is 0 Å². The number of nitrogens with zero attached hydrogens (tertiary/aromatic N) is 3. The molecule has 0 atom stereocenters. The number of fused-ring (bicyclic) bond motifs is 1. The molecule has 1 aromatic heterocycles. The highest BCUT2D eigenvalue weighted by Gasteiger charge is 2.17. The van der Waals surface area contributed by atoms with Crippen LogP contribution in [0.1, 0.15) is 0 Å². The van der Waals surface area contributed by atoms with Crippen LogP contribution in [0.25, 0.3) is 22.0 Å². The molecule has 0 radical (unpaired) electrons. The predicted octanol–water partition coefficient (Wildman–Crippen LogP) is 4.64. The smallest absolute Gasteiger partial charge is 0.322 e. The Bertz CT molecular complexity index is 934. The number of hydrogen-bond donors (Lipinski definition) is 1. The van der Waals surface area contributed by atoms with Gasteiger partial charge in [0.05, 0.1) is 0 Å². The molecule has 0 aliphatic carbocycles. The number of urea groups is 1. The number of amides is 2. The maximum atomic E-state index is 12.0. The Morgan fingerprint density at radius 1 is 1.17 bits per heavy atom. The Labute approximate surface area is 149 Å². The lowest BCUT2D eigenvalue weighted by Gasteiger charge is -2.12. The molecule has 3 rings (SSSR count). The van der Waals surface area contributed by atoms with Crippen LogP contribution in [-0.4, -0.2) is 34.8 Å². The average Bonchev–Trinajstić information content (AvgIpc) is 2.83. The Morgan fingerprint density at radius 3 is 2.58 bits per heavy atom. The number of carbonyl (C=O) groups excluding carboxylic acids is 1. The van der Waals surface area contributed by atoms with Gasteiger partial charge in [-0.25, -0.2) is 4.79 Å². The zero-order chi connectivity index (χ0) is 17.4. The largest absolute Gasteiger partial charge is 0.331 e. The zero-order valence-electron chi connectivity index (χ0n) is 13.5. The number of benzene rings is 2. The van der Waals surface area contributed by atoms with E-state index in [2.05, 4.69) is 10.4 Å². The number of aryl methyl sites for hydroxylation is 1. The third-order valence-electron chi connectivity index (χ3n) is 3.72. The summed E-state index contributed by atoms with van der Waals surface area (Å²) in [6, 6.07) is 10.9. The average molecular weight is 363 g/mol. The van der Waals surface area contributed by atoms with Gasteiger partial charge < -0.3 is 4.90 Å². The van der Waals surface area contributed by atoms with Gasteiger partial charge in [0.2, 0.25) is 0 Å². The quantitative estimate of drug-likeness (QED) is 0.721. The fraction of sp³-hybridized carbons (Fsp3) is 0.176. The van der Waals surface area contributed by atoms with E-state index in [0.717, 1.165) is 22.0 Å². The molecule has 24 heavy (non-hydrogen) atoms. The van der Waals surface area contributed by atoms with Crippen LogP contribution in [0.15, 0.2) is 36.4 Å². The van der Waals surface area contributed by atoms with Crippen molar-refractivity contribution in [3.05, 3.63) is 46.4 Å². The maximum Gasteiger partial charge on any atom is 0.322 e. The molecular weight excluding hydrogens is 347 g/mol. The van der Waals surface area contributed by atoms with Gasteiger partial charge in [-0.1, -0.05) is 41.4 Å². The summed E-state index contributed by atoms with van der Waals surface area (Å²) in [5, 5.41) is 9.40. The van der Waals surface area contributed by atoms with Gasteiger partial charge in [-0.15, -0.1) is 0 Å². The van der Waals surface area contributed by atoms with Crippen LogP contribution < -0.4 is 5.32 Å². The number of carbonyl (C=O) groups is 1. The van der Waals surface area contributed by atoms with Crippen molar-refractivity contribution in [3.8, 4) is 11.1 Å². The zero-order valence-corrected chi connectivity index (χ0v) is 15.0. The molecule has 2 amide bonds. The fourth-order valence-electron chi connectivity index (χ4n) is 2.50. The van der Waals surface area contributed by atoms with E-state index in [1.807, 2.05) is 24.3 Å². The Hall–Kier alpha value is -2.24. The molecule has 5 nitrogen and oxygen atoms in total. The third kappa shape index (κ3) is 2.92. The van der Waals surface area contributed by atoms with Crippen molar-refractivity contribution < 1.29 is 4.79 Å². The minimum Gasteiger partial charge on any atom is -0.331 e. The molecular formula is C17H16Cl2N4O. The summed E-state index contributed by atoms with van der Waals surface area (Å²) in [5.41, 5.74) is 2.49. The first kappa shape index (κ1) is 16.6. The van der Waals surface area contributed by atoms with Crippen LogP contribution in [0.4, 0.5) is 10.6 Å². The highest BCUT2D eigenvalue weighted by atomic mass is 35.5. The van der Waals surface area contributed by atoms with Gasteiger partial charge >= 0.3 is 6.03 Å². The highest BCUT2D eigenvalue weighted by Crippen LogP contribution is 2.36. The van der Waals surface area contributed by atoms with Crippen LogP contribution in [0.2, 0.25) is 10.0 Å². The van der Waals surface area contributed by atoms with E-state index in [4.69, 9.17) is 23.2 Å². The van der Waals surface area contributed by atoms with Crippen molar-refractivity contribution in [1.82, 2.24) is 14.7 Å². The topological polar surface area (TPSA) is 50.2 Å². The van der Waals surface area contributed by atoms with Crippen LogP contribution in [-0.2, 0) is 7.05 Å². The molecule has 3 aromatic rings. The van der Waals surface area contributed by atoms with Gasteiger partial charge in [0.25, 0.3) is 0 Å². The second kappa shape index (κ2) is 6.34. The van der Waals surface area contributed by atoms with E-state index in [9.17, 15) is 4.79 Å². The fourth-order valence-corrected chi connectivity index (χ4v) is 3.01. The monoisotopic (exact) mass is 362 g/mol. The first-order valence-electron chi connectivity index (χ1n) is 7.28. The molecule has 1 N–H and O–H groups in total. The van der Waals surface area contributed by atoms with Gasteiger partial charge in [0, 0.05) is 47.7 Å².